The van der Waals surface area contributed by atoms with Crippen LogP contribution in [0.2, 0.25) is 0 Å². The fraction of sp³-hybridized carbons (Fsp3) is 0.533. The molecule has 1 aromatic rings. The molecule has 4 heteroatoms. The van der Waals surface area contributed by atoms with Crippen LogP contribution in [0, 0.1) is 5.92 Å². The minimum absolute atomic E-state index is 0.0557. The molecule has 2 atom stereocenters. The third-order valence-electron chi connectivity index (χ3n) is 3.60. The summed E-state index contributed by atoms with van der Waals surface area (Å²) in [5.41, 5.74) is 1.89. The van der Waals surface area contributed by atoms with Gasteiger partial charge in [0.25, 0.3) is 0 Å². The van der Waals surface area contributed by atoms with E-state index in [1.807, 2.05) is 31.2 Å². The smallest absolute Gasteiger partial charge is 0.229 e. The van der Waals surface area contributed by atoms with Gasteiger partial charge in [-0.1, -0.05) is 18.2 Å². The molecule has 0 aliphatic carbocycles. The Morgan fingerprint density at radius 3 is 2.95 bits per heavy atom. The maximum atomic E-state index is 12.3. The van der Waals surface area contributed by atoms with Gasteiger partial charge in [-0.2, -0.15) is 0 Å². The minimum Gasteiger partial charge on any atom is -0.377 e. The normalized spacial score (nSPS) is 22.4. The molecule has 1 aromatic carbocycles. The molecule has 2 rings (SSSR count). The highest BCUT2D eigenvalue weighted by atomic mass is 16.5. The van der Waals surface area contributed by atoms with E-state index >= 15 is 0 Å². The van der Waals surface area contributed by atoms with Crippen LogP contribution in [0.1, 0.15) is 25.8 Å². The number of benzene rings is 1. The second kappa shape index (κ2) is 6.68. The molecule has 104 valence electrons. The summed E-state index contributed by atoms with van der Waals surface area (Å²) in [7, 11) is 0. The molecular formula is C15H22N2O2. The summed E-state index contributed by atoms with van der Waals surface area (Å²) >= 11 is 0. The van der Waals surface area contributed by atoms with Gasteiger partial charge in [0.2, 0.25) is 5.91 Å². The Kier molecular flexibility index (Phi) is 4.93. The van der Waals surface area contributed by atoms with Crippen molar-refractivity contribution in [3.63, 3.8) is 0 Å². The highest BCUT2D eigenvalue weighted by molar-refractivity contribution is 5.93. The highest BCUT2D eigenvalue weighted by Gasteiger charge is 2.29. The lowest BCUT2D eigenvalue weighted by Crippen LogP contribution is -2.32. The van der Waals surface area contributed by atoms with Crippen LogP contribution in [0.4, 0.5) is 5.69 Å². The Balaban J connectivity index is 2.03. The van der Waals surface area contributed by atoms with E-state index in [4.69, 9.17) is 4.74 Å². The van der Waals surface area contributed by atoms with E-state index in [1.54, 1.807) is 0 Å². The average molecular weight is 262 g/mol. The Bertz CT molecular complexity index is 434. The molecule has 0 spiro atoms. The van der Waals surface area contributed by atoms with Crippen molar-refractivity contribution >= 4 is 11.6 Å². The van der Waals surface area contributed by atoms with Gasteiger partial charge in [0.1, 0.15) is 0 Å². The van der Waals surface area contributed by atoms with E-state index in [-0.39, 0.29) is 17.9 Å². The summed E-state index contributed by atoms with van der Waals surface area (Å²) in [5, 5.41) is 6.33. The van der Waals surface area contributed by atoms with Gasteiger partial charge in [-0.05, 0) is 32.9 Å². The summed E-state index contributed by atoms with van der Waals surface area (Å²) in [6, 6.07) is 8.06. The van der Waals surface area contributed by atoms with Gasteiger partial charge in [0.15, 0.2) is 0 Å². The largest absolute Gasteiger partial charge is 0.377 e. The molecule has 1 heterocycles. The second-order valence-electron chi connectivity index (χ2n) is 4.92. The number of para-hydroxylation sites is 1. The van der Waals surface area contributed by atoms with Crippen LogP contribution in [0.15, 0.2) is 24.3 Å². The number of rotatable bonds is 5. The first-order chi connectivity index (χ1) is 9.22. The number of nitrogens with one attached hydrogen (secondary N) is 2. The summed E-state index contributed by atoms with van der Waals surface area (Å²) in [4.78, 5) is 12.3. The lowest BCUT2D eigenvalue weighted by Gasteiger charge is -2.17. The summed E-state index contributed by atoms with van der Waals surface area (Å²) < 4.78 is 5.42. The Morgan fingerprint density at radius 2 is 2.26 bits per heavy atom. The number of ether oxygens (including phenoxy) is 1. The summed E-state index contributed by atoms with van der Waals surface area (Å²) in [6.07, 6.45) is 0.903. The number of anilines is 1. The molecule has 19 heavy (non-hydrogen) atoms. The molecule has 0 bridgehead atoms. The van der Waals surface area contributed by atoms with Crippen molar-refractivity contribution in [2.24, 2.45) is 5.92 Å². The quantitative estimate of drug-likeness (QED) is 0.855. The minimum atomic E-state index is 0.0557. The number of hydrogen-bond acceptors (Lipinski definition) is 3. The van der Waals surface area contributed by atoms with Crippen molar-refractivity contribution in [3.8, 4) is 0 Å². The topological polar surface area (TPSA) is 50.4 Å². The van der Waals surface area contributed by atoms with Crippen LogP contribution < -0.4 is 10.6 Å². The van der Waals surface area contributed by atoms with E-state index in [9.17, 15) is 4.79 Å². The first-order valence-electron chi connectivity index (χ1n) is 6.92. The SMILES string of the molecule is CCOCc1ccccc1NC(=O)C1CCNC1C. The van der Waals surface area contributed by atoms with Gasteiger partial charge < -0.3 is 15.4 Å². The zero-order valence-electron chi connectivity index (χ0n) is 11.6. The van der Waals surface area contributed by atoms with Crippen molar-refractivity contribution in [3.05, 3.63) is 29.8 Å². The van der Waals surface area contributed by atoms with Crippen LogP contribution in [0.3, 0.4) is 0 Å². The highest BCUT2D eigenvalue weighted by Crippen LogP contribution is 2.21. The average Bonchev–Trinajstić information content (AvgIpc) is 2.84. The molecule has 0 aromatic heterocycles. The van der Waals surface area contributed by atoms with Gasteiger partial charge in [-0.3, -0.25) is 4.79 Å². The van der Waals surface area contributed by atoms with E-state index in [0.717, 1.165) is 24.2 Å². The Labute approximate surface area is 114 Å². The van der Waals surface area contributed by atoms with Gasteiger partial charge >= 0.3 is 0 Å². The third kappa shape index (κ3) is 3.55. The van der Waals surface area contributed by atoms with Gasteiger partial charge in [-0.15, -0.1) is 0 Å². The molecule has 0 radical (unpaired) electrons. The molecular weight excluding hydrogens is 240 g/mol. The first-order valence-corrected chi connectivity index (χ1v) is 6.92. The maximum Gasteiger partial charge on any atom is 0.229 e. The van der Waals surface area contributed by atoms with Crippen LogP contribution in [-0.2, 0) is 16.1 Å². The fourth-order valence-corrected chi connectivity index (χ4v) is 2.42. The molecule has 2 N–H and O–H groups in total. The first kappa shape index (κ1) is 14.0. The van der Waals surface area contributed by atoms with E-state index in [0.29, 0.717) is 13.2 Å². The van der Waals surface area contributed by atoms with Crippen LogP contribution in [-0.4, -0.2) is 25.1 Å². The van der Waals surface area contributed by atoms with Crippen LogP contribution in [0.25, 0.3) is 0 Å². The number of hydrogen-bond donors (Lipinski definition) is 2. The van der Waals surface area contributed by atoms with E-state index in [1.165, 1.54) is 0 Å². The summed E-state index contributed by atoms with van der Waals surface area (Å²) in [6.45, 7) is 6.15. The molecule has 4 nitrogen and oxygen atoms in total. The molecule has 1 amide bonds. The molecule has 1 aliphatic rings. The van der Waals surface area contributed by atoms with Crippen molar-refractivity contribution < 1.29 is 9.53 Å². The third-order valence-corrected chi connectivity index (χ3v) is 3.60. The zero-order valence-corrected chi connectivity index (χ0v) is 11.6. The lowest BCUT2D eigenvalue weighted by molar-refractivity contribution is -0.120. The van der Waals surface area contributed by atoms with Gasteiger partial charge in [0.05, 0.1) is 12.5 Å². The Hall–Kier alpha value is -1.39. The zero-order chi connectivity index (χ0) is 13.7. The predicted molar refractivity (Wildman–Crippen MR) is 76.0 cm³/mol. The standard InChI is InChI=1S/C15H22N2O2/c1-3-19-10-12-6-4-5-7-14(12)17-15(18)13-8-9-16-11(13)2/h4-7,11,13,16H,3,8-10H2,1-2H3,(H,17,18). The maximum absolute atomic E-state index is 12.3. The van der Waals surface area contributed by atoms with Gasteiger partial charge in [-0.25, -0.2) is 0 Å². The van der Waals surface area contributed by atoms with Crippen molar-refractivity contribution in [1.29, 1.82) is 0 Å². The molecule has 1 fully saturated rings. The second-order valence-corrected chi connectivity index (χ2v) is 4.92. The summed E-state index contributed by atoms with van der Waals surface area (Å²) in [5.74, 6) is 0.154. The number of carbonyl (C=O) groups excluding carboxylic acids is 1. The fourth-order valence-electron chi connectivity index (χ4n) is 2.42. The molecule has 1 aliphatic heterocycles. The monoisotopic (exact) mass is 262 g/mol. The lowest BCUT2D eigenvalue weighted by atomic mass is 10.0. The molecule has 1 saturated heterocycles. The van der Waals surface area contributed by atoms with E-state index in [2.05, 4.69) is 17.6 Å². The van der Waals surface area contributed by atoms with E-state index < -0.39 is 0 Å². The molecule has 2 unspecified atom stereocenters. The molecule has 0 saturated carbocycles. The number of amides is 1. The van der Waals surface area contributed by atoms with Crippen LogP contribution >= 0.6 is 0 Å². The Morgan fingerprint density at radius 1 is 1.47 bits per heavy atom. The van der Waals surface area contributed by atoms with Crippen molar-refractivity contribution in [2.75, 3.05) is 18.5 Å². The van der Waals surface area contributed by atoms with Gasteiger partial charge in [0, 0.05) is 23.9 Å². The number of carbonyl (C=O) groups is 1. The predicted octanol–water partition coefficient (Wildman–Crippen LogP) is 2.16. The van der Waals surface area contributed by atoms with Crippen LogP contribution in [0.5, 0.6) is 0 Å². The van der Waals surface area contributed by atoms with Crippen molar-refractivity contribution in [1.82, 2.24) is 5.32 Å². The van der Waals surface area contributed by atoms with Crippen molar-refractivity contribution in [2.45, 2.75) is 32.9 Å².